The zero-order valence-corrected chi connectivity index (χ0v) is 34.1. The number of hydrogen-bond donors (Lipinski definition) is 1. The summed E-state index contributed by atoms with van der Waals surface area (Å²) in [5.41, 5.74) is 4.78. The average molecular weight is 767 g/mol. The number of aromatic hydroxyl groups is 1. The lowest BCUT2D eigenvalue weighted by molar-refractivity contribution is -0.134. The number of amides is 1. The lowest BCUT2D eigenvalue weighted by Gasteiger charge is -2.38. The molecule has 1 N–H and O–H groups in total. The first kappa shape index (κ1) is 41.7. The minimum Gasteiger partial charge on any atom is -0.508 e. The van der Waals surface area contributed by atoms with E-state index in [9.17, 15) is 9.90 Å². The Morgan fingerprint density at radius 3 is 2.00 bits per heavy atom. The molecule has 1 amide bonds. The van der Waals surface area contributed by atoms with Crippen molar-refractivity contribution in [2.45, 2.75) is 76.5 Å². The second-order valence-corrected chi connectivity index (χ2v) is 15.9. The first-order valence-corrected chi connectivity index (χ1v) is 20.6. The molecule has 4 aromatic rings. The van der Waals surface area contributed by atoms with Crippen molar-refractivity contribution in [1.82, 2.24) is 4.90 Å². The number of methoxy groups -OCH3 is 2. The number of carbonyl (C=O) groups is 1. The number of phenolic OH excluding ortho intramolecular Hbond substituents is 1. The fourth-order valence-corrected chi connectivity index (χ4v) is 8.39. The van der Waals surface area contributed by atoms with Gasteiger partial charge in [-0.05, 0) is 88.4 Å². The normalized spacial score (nSPS) is 16.3. The maximum Gasteiger partial charge on any atom is 0.238 e. The number of carbonyl (C=O) groups excluding carboxylic acids is 1. The van der Waals surface area contributed by atoms with Crippen molar-refractivity contribution < 1.29 is 33.2 Å². The van der Waals surface area contributed by atoms with Crippen LogP contribution in [0.5, 0.6) is 17.2 Å². The summed E-state index contributed by atoms with van der Waals surface area (Å²) in [6.45, 7) is 18.7. The number of hydrogen-bond acceptors (Lipinski definition) is 7. The third-order valence-corrected chi connectivity index (χ3v) is 11.4. The molecule has 0 spiro atoms. The molecule has 0 aliphatic carbocycles. The van der Waals surface area contributed by atoms with Crippen LogP contribution in [0.1, 0.15) is 85.8 Å². The van der Waals surface area contributed by atoms with E-state index in [0.717, 1.165) is 39.3 Å². The van der Waals surface area contributed by atoms with Crippen LogP contribution >= 0.6 is 8.38 Å². The smallest absolute Gasteiger partial charge is 0.238 e. The van der Waals surface area contributed by atoms with Crippen molar-refractivity contribution in [1.29, 1.82) is 0 Å². The first-order chi connectivity index (χ1) is 26.5. The number of phenols is 1. The quantitative estimate of drug-likeness (QED) is 0.0467. The molecule has 3 atom stereocenters. The number of benzene rings is 4. The highest BCUT2D eigenvalue weighted by atomic mass is 31.2. The molecule has 9 nitrogen and oxygen atoms in total. The van der Waals surface area contributed by atoms with Gasteiger partial charge in [-0.1, -0.05) is 88.4 Å². The molecule has 0 radical (unpaired) electrons. The second-order valence-electron chi connectivity index (χ2n) is 14.6. The molecule has 4 aromatic carbocycles. The van der Waals surface area contributed by atoms with E-state index in [2.05, 4.69) is 50.7 Å². The summed E-state index contributed by atoms with van der Waals surface area (Å²) in [7, 11) is 2.03. The van der Waals surface area contributed by atoms with Crippen LogP contribution in [0.25, 0.3) is 4.85 Å². The topological polar surface area (TPSA) is 91.1 Å². The fourth-order valence-electron chi connectivity index (χ4n) is 7.42. The third-order valence-electron chi connectivity index (χ3n) is 10.3. The molecule has 5 rings (SSSR count). The van der Waals surface area contributed by atoms with Gasteiger partial charge in [-0.3, -0.25) is 4.79 Å². The summed E-state index contributed by atoms with van der Waals surface area (Å²) in [6, 6.07) is 29.5. The van der Waals surface area contributed by atoms with E-state index in [1.807, 2.05) is 84.4 Å². The van der Waals surface area contributed by atoms with Gasteiger partial charge in [0.1, 0.15) is 29.5 Å². The minimum atomic E-state index is -1.26. The van der Waals surface area contributed by atoms with Crippen molar-refractivity contribution in [3.05, 3.63) is 136 Å². The monoisotopic (exact) mass is 766 g/mol. The summed E-state index contributed by atoms with van der Waals surface area (Å²) >= 11 is 0. The summed E-state index contributed by atoms with van der Waals surface area (Å²) in [6.07, 6.45) is 0.899. The first-order valence-electron chi connectivity index (χ1n) is 19.0. The van der Waals surface area contributed by atoms with E-state index in [4.69, 9.17) is 29.8 Å². The van der Waals surface area contributed by atoms with E-state index in [0.29, 0.717) is 26.0 Å². The molecule has 1 aliphatic rings. The van der Waals surface area contributed by atoms with Crippen LogP contribution in [0.4, 0.5) is 0 Å². The van der Waals surface area contributed by atoms with E-state index in [1.165, 1.54) is 5.56 Å². The number of ether oxygens (including phenoxy) is 3. The van der Waals surface area contributed by atoms with Gasteiger partial charge in [-0.25, -0.2) is 6.57 Å². The van der Waals surface area contributed by atoms with Crippen molar-refractivity contribution in [2.75, 3.05) is 47.2 Å². The van der Waals surface area contributed by atoms with Crippen LogP contribution in [-0.4, -0.2) is 75.2 Å². The van der Waals surface area contributed by atoms with Gasteiger partial charge in [0.25, 0.3) is 0 Å². The maximum absolute atomic E-state index is 14.3. The Bertz CT molecular complexity index is 1830. The van der Waals surface area contributed by atoms with Crippen molar-refractivity contribution in [3.8, 4) is 17.2 Å². The number of nitrogens with zero attached hydrogens (tertiary/aromatic N) is 2. The molecule has 1 heterocycles. The van der Waals surface area contributed by atoms with Crippen LogP contribution in [0.2, 0.25) is 0 Å². The molecular weight excluding hydrogens is 711 g/mol. The summed E-state index contributed by atoms with van der Waals surface area (Å²) in [5, 5.41) is 11.1. The molecule has 1 aliphatic heterocycles. The number of aryl methyl sites for hydroxylation is 1. The van der Waals surface area contributed by atoms with Crippen LogP contribution in [-0.2, 0) is 30.6 Å². The number of likely N-dealkylation sites (tertiary alicyclic amines) is 1. The standard InChI is InChI=1S/C45H55N2O7P/c1-31(2)41-26-33(43(48)28-42(41)32(3)4)14-23-44(49)47-29-40(54-55(8)53-25-24-46-5)27-37(47)30-52-45(34-12-10-9-11-13-34,35-15-19-38(50-6)20-16-35)36-17-21-39(51-7)22-18-36/h9-13,15-22,26,28,31-32,37,40,48H,14,23-25,27,29-30H2,1-4,6-8H3/t37-,40+,55?/m0/s1. The van der Waals surface area contributed by atoms with Gasteiger partial charge in [0, 0.05) is 19.6 Å². The summed E-state index contributed by atoms with van der Waals surface area (Å²) < 4.78 is 30.5. The number of rotatable bonds is 18. The molecule has 0 bridgehead atoms. The molecule has 1 fully saturated rings. The van der Waals surface area contributed by atoms with Crippen molar-refractivity contribution in [3.63, 3.8) is 0 Å². The SMILES string of the molecule is [C-]#[N+]CCOP(C)O[C@@H]1C[C@@H](COC(c2ccccc2)(c2ccc(OC)cc2)c2ccc(OC)cc2)N(C(=O)CCc2cc(C(C)C)c(C(C)C)cc2O)C1. The fraction of sp³-hybridized carbons (Fsp3) is 0.422. The average Bonchev–Trinajstić information content (AvgIpc) is 3.60. The molecule has 292 valence electrons. The minimum absolute atomic E-state index is 0.0355. The van der Waals surface area contributed by atoms with Gasteiger partial charge in [0.2, 0.25) is 12.5 Å². The Labute approximate surface area is 328 Å². The van der Waals surface area contributed by atoms with Gasteiger partial charge in [-0.15, -0.1) is 0 Å². The highest BCUT2D eigenvalue weighted by molar-refractivity contribution is 7.46. The van der Waals surface area contributed by atoms with Gasteiger partial charge >= 0.3 is 0 Å². The van der Waals surface area contributed by atoms with Gasteiger partial charge in [0.15, 0.2) is 8.38 Å². The van der Waals surface area contributed by atoms with Gasteiger partial charge in [-0.2, -0.15) is 0 Å². The van der Waals surface area contributed by atoms with E-state index >= 15 is 0 Å². The van der Waals surface area contributed by atoms with Crippen LogP contribution < -0.4 is 9.47 Å². The van der Waals surface area contributed by atoms with Gasteiger partial charge in [0.05, 0.1) is 33.0 Å². The predicted molar refractivity (Wildman–Crippen MR) is 218 cm³/mol. The predicted octanol–water partition coefficient (Wildman–Crippen LogP) is 9.46. The zero-order chi connectivity index (χ0) is 39.5. The second kappa shape index (κ2) is 19.4. The Kier molecular flexibility index (Phi) is 14.7. The maximum atomic E-state index is 14.3. The molecule has 0 saturated carbocycles. The lowest BCUT2D eigenvalue weighted by atomic mass is 9.80. The molecule has 1 unspecified atom stereocenters. The molecule has 10 heteroatoms. The van der Waals surface area contributed by atoms with E-state index < -0.39 is 14.0 Å². The van der Waals surface area contributed by atoms with Crippen molar-refractivity contribution in [2.24, 2.45) is 0 Å². The summed E-state index contributed by atoms with van der Waals surface area (Å²) in [4.78, 5) is 19.6. The van der Waals surface area contributed by atoms with Crippen LogP contribution in [0, 0.1) is 6.57 Å². The highest BCUT2D eigenvalue weighted by Crippen LogP contribution is 2.44. The Morgan fingerprint density at radius 2 is 1.45 bits per heavy atom. The Morgan fingerprint density at radius 1 is 0.891 bits per heavy atom. The Balaban J connectivity index is 1.48. The van der Waals surface area contributed by atoms with Gasteiger partial charge < -0.3 is 38.1 Å². The van der Waals surface area contributed by atoms with E-state index in [-0.39, 0.29) is 55.2 Å². The molecule has 0 aromatic heterocycles. The van der Waals surface area contributed by atoms with E-state index in [1.54, 1.807) is 14.2 Å². The highest BCUT2D eigenvalue weighted by Gasteiger charge is 2.42. The summed E-state index contributed by atoms with van der Waals surface area (Å²) in [5.74, 6) is 2.21. The molecular formula is C45H55N2O7P. The van der Waals surface area contributed by atoms with Crippen LogP contribution in [0.15, 0.2) is 91.0 Å². The zero-order valence-electron chi connectivity index (χ0n) is 33.2. The lowest BCUT2D eigenvalue weighted by Crippen LogP contribution is -2.42. The Hall–Kier alpha value is -4.45. The van der Waals surface area contributed by atoms with Crippen LogP contribution in [0.3, 0.4) is 0 Å². The third kappa shape index (κ3) is 10.1. The largest absolute Gasteiger partial charge is 0.508 e. The molecule has 1 saturated heterocycles. The molecule has 55 heavy (non-hydrogen) atoms. The van der Waals surface area contributed by atoms with Crippen molar-refractivity contribution >= 4 is 14.3 Å².